The van der Waals surface area contributed by atoms with E-state index in [2.05, 4.69) is 29.6 Å². The van der Waals surface area contributed by atoms with Gasteiger partial charge in [0.05, 0.1) is 11.3 Å². The van der Waals surface area contributed by atoms with Crippen molar-refractivity contribution in [2.45, 2.75) is 11.3 Å². The van der Waals surface area contributed by atoms with E-state index in [0.717, 1.165) is 17.9 Å². The lowest BCUT2D eigenvalue weighted by Gasteiger charge is -2.32. The Morgan fingerprint density at radius 3 is 2.11 bits per heavy atom. The molecule has 3 unspecified atom stereocenters. The van der Waals surface area contributed by atoms with Crippen LogP contribution in [0.4, 0.5) is 0 Å². The first-order valence-corrected chi connectivity index (χ1v) is 7.95. The highest BCUT2D eigenvalue weighted by Gasteiger charge is 2.32. The first-order valence-electron chi connectivity index (χ1n) is 6.57. The average Bonchev–Trinajstić information content (AvgIpc) is 2.49. The van der Waals surface area contributed by atoms with Crippen molar-refractivity contribution >= 4 is 10.8 Å². The second-order valence-corrected chi connectivity index (χ2v) is 6.44. The molecule has 0 bridgehead atoms. The van der Waals surface area contributed by atoms with Crippen molar-refractivity contribution in [3.8, 4) is 0 Å². The molecule has 1 saturated heterocycles. The third kappa shape index (κ3) is 2.62. The minimum absolute atomic E-state index is 0.0392. The smallest absolute Gasteiger partial charge is 0.0792 e. The molecule has 2 aromatic carbocycles. The molecule has 0 aliphatic carbocycles. The zero-order valence-electron chi connectivity index (χ0n) is 10.7. The maximum absolute atomic E-state index is 12.4. The van der Waals surface area contributed by atoms with Crippen molar-refractivity contribution in [2.75, 3.05) is 12.3 Å². The lowest BCUT2D eigenvalue weighted by molar-refractivity contribution is 0.507. The molecule has 2 nitrogen and oxygen atoms in total. The zero-order chi connectivity index (χ0) is 13.1. The van der Waals surface area contributed by atoms with E-state index < -0.39 is 10.8 Å². The quantitative estimate of drug-likeness (QED) is 0.910. The SMILES string of the molecule is O=S1CCNC(c2ccccc2)C1c1ccccc1. The van der Waals surface area contributed by atoms with E-state index in [-0.39, 0.29) is 11.3 Å². The molecule has 19 heavy (non-hydrogen) atoms. The molecule has 3 rings (SSSR count). The summed E-state index contributed by atoms with van der Waals surface area (Å²) in [6.07, 6.45) is 0. The van der Waals surface area contributed by atoms with Gasteiger partial charge in [0, 0.05) is 23.1 Å². The molecular formula is C16H17NOS. The van der Waals surface area contributed by atoms with Gasteiger partial charge in [-0.3, -0.25) is 4.21 Å². The summed E-state index contributed by atoms with van der Waals surface area (Å²) >= 11 is 0. The highest BCUT2D eigenvalue weighted by atomic mass is 32.2. The van der Waals surface area contributed by atoms with Gasteiger partial charge in [0.2, 0.25) is 0 Å². The summed E-state index contributed by atoms with van der Waals surface area (Å²) in [4.78, 5) is 0. The standard InChI is InChI=1S/C16H17NOS/c18-19-12-11-17-15(13-7-3-1-4-8-13)16(19)14-9-5-2-6-10-14/h1-10,15-17H,11-12H2. The molecule has 1 aliphatic heterocycles. The minimum Gasteiger partial charge on any atom is -0.308 e. The van der Waals surface area contributed by atoms with Gasteiger partial charge in [-0.15, -0.1) is 0 Å². The molecule has 3 atom stereocenters. The molecule has 0 aromatic heterocycles. The molecule has 1 aliphatic rings. The van der Waals surface area contributed by atoms with E-state index in [1.807, 2.05) is 36.4 Å². The predicted octanol–water partition coefficient (Wildman–Crippen LogP) is 2.82. The van der Waals surface area contributed by atoms with Crippen molar-refractivity contribution < 1.29 is 4.21 Å². The monoisotopic (exact) mass is 271 g/mol. The summed E-state index contributed by atoms with van der Waals surface area (Å²) < 4.78 is 12.4. The molecule has 0 amide bonds. The van der Waals surface area contributed by atoms with Gasteiger partial charge in [-0.05, 0) is 11.1 Å². The lowest BCUT2D eigenvalue weighted by Crippen LogP contribution is -2.38. The van der Waals surface area contributed by atoms with E-state index in [1.165, 1.54) is 5.56 Å². The van der Waals surface area contributed by atoms with Crippen molar-refractivity contribution in [1.82, 2.24) is 5.32 Å². The molecule has 2 aromatic rings. The summed E-state index contributed by atoms with van der Waals surface area (Å²) in [7, 11) is -0.822. The highest BCUT2D eigenvalue weighted by molar-refractivity contribution is 7.85. The van der Waals surface area contributed by atoms with Gasteiger partial charge in [0.25, 0.3) is 0 Å². The summed E-state index contributed by atoms with van der Waals surface area (Å²) in [5.74, 6) is 0.725. The minimum atomic E-state index is -0.822. The van der Waals surface area contributed by atoms with Crippen LogP contribution in [0.1, 0.15) is 22.4 Å². The van der Waals surface area contributed by atoms with Gasteiger partial charge in [-0.1, -0.05) is 60.7 Å². The van der Waals surface area contributed by atoms with Crippen LogP contribution in [0.2, 0.25) is 0 Å². The first kappa shape index (κ1) is 12.6. The second-order valence-electron chi connectivity index (χ2n) is 4.76. The van der Waals surface area contributed by atoms with Gasteiger partial charge >= 0.3 is 0 Å². The number of hydrogen-bond donors (Lipinski definition) is 1. The van der Waals surface area contributed by atoms with Crippen molar-refractivity contribution in [2.24, 2.45) is 0 Å². The van der Waals surface area contributed by atoms with Crippen LogP contribution < -0.4 is 5.32 Å². The second kappa shape index (κ2) is 5.68. The Hall–Kier alpha value is -1.45. The number of nitrogens with one attached hydrogen (secondary N) is 1. The van der Waals surface area contributed by atoms with Crippen LogP contribution in [-0.4, -0.2) is 16.5 Å². The summed E-state index contributed by atoms with van der Waals surface area (Å²) in [5.41, 5.74) is 2.37. The molecule has 0 spiro atoms. The summed E-state index contributed by atoms with van der Waals surface area (Å²) in [6, 6.07) is 20.6. The van der Waals surface area contributed by atoms with Gasteiger partial charge in [-0.2, -0.15) is 0 Å². The fraction of sp³-hybridized carbons (Fsp3) is 0.250. The van der Waals surface area contributed by atoms with E-state index in [0.29, 0.717) is 0 Å². The molecule has 1 heterocycles. The summed E-state index contributed by atoms with van der Waals surface area (Å²) in [6.45, 7) is 0.815. The first-order chi connectivity index (χ1) is 9.36. The molecule has 0 radical (unpaired) electrons. The van der Waals surface area contributed by atoms with Gasteiger partial charge < -0.3 is 5.32 Å². The fourth-order valence-corrected chi connectivity index (χ4v) is 4.23. The summed E-state index contributed by atoms with van der Waals surface area (Å²) in [5, 5.41) is 3.56. The molecular weight excluding hydrogens is 254 g/mol. The lowest BCUT2D eigenvalue weighted by atomic mass is 9.98. The van der Waals surface area contributed by atoms with Crippen LogP contribution in [0, 0.1) is 0 Å². The van der Waals surface area contributed by atoms with Crippen molar-refractivity contribution in [1.29, 1.82) is 0 Å². The van der Waals surface area contributed by atoms with Crippen LogP contribution in [0.3, 0.4) is 0 Å². The van der Waals surface area contributed by atoms with Gasteiger partial charge in [0.1, 0.15) is 0 Å². The van der Waals surface area contributed by atoms with Crippen molar-refractivity contribution in [3.63, 3.8) is 0 Å². The van der Waals surface area contributed by atoms with Crippen molar-refractivity contribution in [3.05, 3.63) is 71.8 Å². The number of hydrogen-bond acceptors (Lipinski definition) is 2. The van der Waals surface area contributed by atoms with Crippen LogP contribution in [0.25, 0.3) is 0 Å². The van der Waals surface area contributed by atoms with E-state index in [4.69, 9.17) is 0 Å². The Morgan fingerprint density at radius 1 is 0.895 bits per heavy atom. The number of benzene rings is 2. The third-order valence-electron chi connectivity index (χ3n) is 3.54. The Bertz CT molecular complexity index is 555. The normalized spacial score (nSPS) is 27.1. The van der Waals surface area contributed by atoms with E-state index in [9.17, 15) is 4.21 Å². The largest absolute Gasteiger partial charge is 0.308 e. The Labute approximate surface area is 116 Å². The van der Waals surface area contributed by atoms with Gasteiger partial charge in [-0.25, -0.2) is 0 Å². The predicted molar refractivity (Wildman–Crippen MR) is 79.4 cm³/mol. The molecule has 0 saturated carbocycles. The number of rotatable bonds is 2. The van der Waals surface area contributed by atoms with Gasteiger partial charge in [0.15, 0.2) is 0 Å². The third-order valence-corrected chi connectivity index (χ3v) is 5.26. The zero-order valence-corrected chi connectivity index (χ0v) is 11.5. The molecule has 1 N–H and O–H groups in total. The Morgan fingerprint density at radius 2 is 1.47 bits per heavy atom. The molecule has 3 heteroatoms. The molecule has 98 valence electrons. The fourth-order valence-electron chi connectivity index (χ4n) is 2.64. The van der Waals surface area contributed by atoms with Crippen LogP contribution in [-0.2, 0) is 10.8 Å². The molecule has 1 fully saturated rings. The topological polar surface area (TPSA) is 29.1 Å². The maximum Gasteiger partial charge on any atom is 0.0792 e. The van der Waals surface area contributed by atoms with Crippen LogP contribution >= 0.6 is 0 Å². The Kier molecular flexibility index (Phi) is 3.76. The highest BCUT2D eigenvalue weighted by Crippen LogP contribution is 2.35. The van der Waals surface area contributed by atoms with E-state index >= 15 is 0 Å². The average molecular weight is 271 g/mol. The van der Waals surface area contributed by atoms with E-state index in [1.54, 1.807) is 0 Å². The Balaban J connectivity index is 1.99. The maximum atomic E-state index is 12.4. The van der Waals surface area contributed by atoms with Crippen LogP contribution in [0.15, 0.2) is 60.7 Å². The van der Waals surface area contributed by atoms with Crippen LogP contribution in [0.5, 0.6) is 0 Å².